The van der Waals surface area contributed by atoms with E-state index in [9.17, 15) is 72.5 Å². The van der Waals surface area contributed by atoms with Crippen LogP contribution >= 0.6 is 76.5 Å². The number of alkyl halides is 1. The Labute approximate surface area is 569 Å². The summed E-state index contributed by atoms with van der Waals surface area (Å²) < 4.78 is -1.72. The van der Waals surface area contributed by atoms with E-state index in [1.165, 1.54) is 13.8 Å². The fourth-order valence-electron chi connectivity index (χ4n) is 9.39. The molecule has 2 aromatic rings. The van der Waals surface area contributed by atoms with E-state index in [-0.39, 0.29) is 93.8 Å². The van der Waals surface area contributed by atoms with Gasteiger partial charge in [0.2, 0.25) is 67.9 Å². The molecule has 3 fully saturated rings. The van der Waals surface area contributed by atoms with Crippen LogP contribution in [0.5, 0.6) is 0 Å². The molecule has 25 N–H and O–H groups in total. The summed E-state index contributed by atoms with van der Waals surface area (Å²) in [6.07, 6.45) is -0.392. The fourth-order valence-corrected chi connectivity index (χ4v) is 16.3. The highest BCUT2D eigenvalue weighted by Gasteiger charge is 2.47. The number of aliphatic carboxylic acids is 1. The van der Waals surface area contributed by atoms with E-state index in [0.717, 1.165) is 53.5 Å². The number of fused-ring (bicyclic) bond motifs is 10. The summed E-state index contributed by atoms with van der Waals surface area (Å²) in [6.45, 7) is 0.563. The Bertz CT molecular complexity index is 3200. The number of carboxylic acids is 1. The number of aliphatic hydroxyl groups is 1. The van der Waals surface area contributed by atoms with Crippen LogP contribution in [0, 0.1) is 0 Å². The number of hydrogen-bond acceptors (Lipinski definition) is 22. The second-order valence-corrected chi connectivity index (χ2v) is 31.2. The van der Waals surface area contributed by atoms with Crippen molar-refractivity contribution in [3.05, 3.63) is 36.0 Å². The number of rotatable bonds is 16. The van der Waals surface area contributed by atoms with Crippen LogP contribution < -0.4 is 87.6 Å². The average molecular weight is 1520 g/mol. The van der Waals surface area contributed by atoms with E-state index < -0.39 is 179 Å². The number of thiol groups is 1. The second-order valence-electron chi connectivity index (χ2n) is 21.7. The van der Waals surface area contributed by atoms with Crippen LogP contribution in [0.15, 0.2) is 40.3 Å². The molecular weight excluding hydrogens is 1440 g/mol. The standard InChI is InChI=1S/C53H79IN20O15S5/c1-25-40(80)67-30(17-27-16-26-8-3-4-9-28(26)64-27)45(85)72-52(2,12-7-14-62-51(59)60)48(88)71-32(39(56)79)21-91-93-24-35-44(84)68-31(20-75)46(86)73-53(90,54-18-38(77)78)49(89)74-15-6-11-36(74)47(87)66-29(10-5-13-61-50(57)58)41(81)69-34(42(82)63-25)23-94-92-22-33(43(83)70-35)65-37(76)19-55/h3-4,8-9,16,18,25,29-36,64,75,90H,5-7,10-15,17,19-24,55H2,1-2H3,(H2,56,79)(H,63,82)(H,65,76)(H,66,87)(H,67,80)(H,68,84)(H,69,81)(H,70,83)(H,71,88)(H,72,85)(H,73,86)(H,77,78)(H4,57,58,61)(H4,59,60,62)/t25-,29-,30-,31-,32-,33-,34-,35-,36?,52+,53+/m0/s1. The highest BCUT2D eigenvalue weighted by Crippen LogP contribution is 2.33. The number of halogens is 1. The predicted octanol–water partition coefficient (Wildman–Crippen LogP) is -6.63. The van der Waals surface area contributed by atoms with Gasteiger partial charge in [-0.05, 0) is 69.9 Å². The van der Waals surface area contributed by atoms with Crippen molar-refractivity contribution in [2.75, 3.05) is 55.8 Å². The van der Waals surface area contributed by atoms with Gasteiger partial charge in [0.25, 0.3) is 5.91 Å². The quantitative estimate of drug-likeness (QED) is 0.0109. The zero-order chi connectivity index (χ0) is 69.5. The molecule has 4 heterocycles. The van der Waals surface area contributed by atoms with Crippen molar-refractivity contribution in [2.24, 2.45) is 44.4 Å². The van der Waals surface area contributed by atoms with Gasteiger partial charge in [-0.3, -0.25) is 67.5 Å². The molecule has 41 heteroatoms. The zero-order valence-electron chi connectivity index (χ0n) is 50.9. The molecule has 11 atom stereocenters. The molecule has 94 heavy (non-hydrogen) atoms. The van der Waals surface area contributed by atoms with Gasteiger partial charge in [-0.25, -0.2) is 4.79 Å². The molecule has 1 unspecified atom stereocenters. The maximum atomic E-state index is 14.8. The van der Waals surface area contributed by atoms with Crippen molar-refractivity contribution in [3.8, 4) is 0 Å². The minimum absolute atomic E-state index is 0.0227. The molecule has 0 radical (unpaired) electrons. The number of H-pyrrole nitrogens is 1. The molecule has 0 spiro atoms. The normalized spacial score (nSPS) is 27.4. The summed E-state index contributed by atoms with van der Waals surface area (Å²) >= 11 is 2.33. The fraction of sp³-hybridized carbons (Fsp3) is 0.547. The van der Waals surface area contributed by atoms with Crippen molar-refractivity contribution >= 4 is 180 Å². The third-order valence-electron chi connectivity index (χ3n) is 14.4. The first-order chi connectivity index (χ1) is 44.5. The highest BCUT2D eigenvalue weighted by atomic mass is 127. The Kier molecular flexibility index (Phi) is 30.5. The third-order valence-corrected chi connectivity index (χ3v) is 22.6. The third kappa shape index (κ3) is 23.5. The maximum Gasteiger partial charge on any atom is 0.333 e. The minimum atomic E-state index is -2.42. The van der Waals surface area contributed by atoms with Crippen molar-refractivity contribution < 1.29 is 72.5 Å². The summed E-state index contributed by atoms with van der Waals surface area (Å²) in [5, 5.41) is 46.6. The molecule has 2 bridgehead atoms. The molecule has 518 valence electrons. The number of amides is 12. The number of carbonyl (C=O) groups is 13. The summed E-state index contributed by atoms with van der Waals surface area (Å²) in [5.41, 5.74) is 33.0. The molecule has 35 nitrogen and oxygen atoms in total. The number of benzene rings is 1. The molecule has 3 aliphatic heterocycles. The SMILES string of the molecule is C[C@@H]1NC(=O)[C@@H]2CSSC[C@H](NC(=O)CN)C(=O)N[C@@H](CSSC[C@@H](C(N)=O)NC(=O)[C@@](C)(CCCN=C(N)N)NC(=O)[C@H](Cc3cc4ccccc4[nH]3)NC1=O)C(=O)N[C@@H](CO)C(=O)N[C@](S)(I=CC(=O)O)C(=O)N1CCCC1C(=O)N[C@@H](CCCN=C(N)N)C(=O)N2. The smallest absolute Gasteiger partial charge is 0.333 e. The Morgan fingerprint density at radius 2 is 1.33 bits per heavy atom. The number of nitrogens with zero attached hydrogens (tertiary/aromatic N) is 3. The van der Waals surface area contributed by atoms with Gasteiger partial charge >= 0.3 is 5.97 Å². The Morgan fingerprint density at radius 1 is 0.734 bits per heavy atom. The monoisotopic (exact) mass is 1520 g/mol. The molecule has 3 saturated heterocycles. The molecule has 12 amide bonds. The number of nitrogens with one attached hydrogen (secondary N) is 11. The molecule has 1 aromatic carbocycles. The number of hydrogen-bond donors (Lipinski definition) is 20. The van der Waals surface area contributed by atoms with E-state index in [0.29, 0.717) is 15.2 Å². The summed E-state index contributed by atoms with van der Waals surface area (Å²) in [7, 11) is 3.45. The molecule has 1 aromatic heterocycles. The number of para-hydroxylation sites is 1. The van der Waals surface area contributed by atoms with E-state index in [4.69, 9.17) is 34.4 Å². The van der Waals surface area contributed by atoms with Gasteiger partial charge in [-0.1, -0.05) is 82.1 Å². The number of carboxylic acid groups (broad SMARTS) is 1. The van der Waals surface area contributed by atoms with Crippen molar-refractivity contribution in [1.82, 2.24) is 63.1 Å². The van der Waals surface area contributed by atoms with Gasteiger partial charge in [-0.15, -0.1) is 12.6 Å². The lowest BCUT2D eigenvalue weighted by molar-refractivity contribution is -0.141. The van der Waals surface area contributed by atoms with Crippen molar-refractivity contribution in [3.63, 3.8) is 0 Å². The number of nitrogens with two attached hydrogens (primary N) is 6. The summed E-state index contributed by atoms with van der Waals surface area (Å²) in [4.78, 5) is 196. The first-order valence-corrected chi connectivity index (χ1v) is 36.8. The lowest BCUT2D eigenvalue weighted by Gasteiger charge is -2.34. The Morgan fingerprint density at radius 3 is 1.96 bits per heavy atom. The van der Waals surface area contributed by atoms with Crippen LogP contribution in [-0.2, 0) is 68.7 Å². The van der Waals surface area contributed by atoms with Crippen LogP contribution in [0.25, 0.3) is 10.9 Å². The summed E-state index contributed by atoms with van der Waals surface area (Å²) in [6, 6.07) is -5.44. The number of carbonyl (C=O) groups excluding carboxylic acids is 12. The Hall–Kier alpha value is -7.32. The number of guanidine groups is 2. The number of aromatic amines is 1. The zero-order valence-corrected chi connectivity index (χ0v) is 57.3. The molecule has 5 rings (SSSR count). The van der Waals surface area contributed by atoms with E-state index in [1.807, 2.05) is 0 Å². The van der Waals surface area contributed by atoms with Gasteiger partial charge < -0.3 is 108 Å². The lowest BCUT2D eigenvalue weighted by atomic mass is 9.93. The van der Waals surface area contributed by atoms with Gasteiger partial charge in [0.1, 0.15) is 59.9 Å². The second kappa shape index (κ2) is 37.1. The van der Waals surface area contributed by atoms with E-state index >= 15 is 0 Å². The lowest BCUT2D eigenvalue weighted by Crippen LogP contribution is -2.64. The summed E-state index contributed by atoms with van der Waals surface area (Å²) in [5.74, 6) is -15.8. The van der Waals surface area contributed by atoms with Crippen molar-refractivity contribution in [1.29, 1.82) is 0 Å². The predicted molar refractivity (Wildman–Crippen MR) is 367 cm³/mol. The van der Waals surface area contributed by atoms with Gasteiger partial charge in [0, 0.05) is 60.3 Å². The van der Waals surface area contributed by atoms with Crippen LogP contribution in [0.3, 0.4) is 0 Å². The largest absolute Gasteiger partial charge is 0.478 e. The van der Waals surface area contributed by atoms with Gasteiger partial charge in [0.15, 0.2) is 11.9 Å². The average Bonchev–Trinajstić information content (AvgIpc) is 1.46. The van der Waals surface area contributed by atoms with Gasteiger partial charge in [0.05, 0.1) is 17.2 Å². The number of aromatic nitrogens is 1. The van der Waals surface area contributed by atoms with Crippen LogP contribution in [0.4, 0.5) is 0 Å². The topological polar surface area (TPSA) is 583 Å². The van der Waals surface area contributed by atoms with Crippen LogP contribution in [0.1, 0.15) is 58.1 Å². The molecule has 0 aliphatic carbocycles. The highest BCUT2D eigenvalue weighted by molar-refractivity contribution is 14.2. The van der Waals surface area contributed by atoms with Crippen LogP contribution in [-0.4, -0.2) is 231 Å². The molecule has 3 aliphatic rings. The first-order valence-electron chi connectivity index (χ1n) is 29.0. The van der Waals surface area contributed by atoms with E-state index in [1.54, 1.807) is 30.3 Å². The maximum absolute atomic E-state index is 14.8. The molecular formula is C53H79IN20O15S5. The van der Waals surface area contributed by atoms with Crippen molar-refractivity contribution in [2.45, 2.75) is 122 Å². The van der Waals surface area contributed by atoms with E-state index in [2.05, 4.69) is 80.8 Å². The number of aliphatic imine (C=N–C) groups is 2. The Balaban J connectivity index is 1.69. The number of primary amides is 1. The first kappa shape index (κ1) is 77.4. The van der Waals surface area contributed by atoms with Crippen LogP contribution in [0.2, 0.25) is 0 Å². The number of aliphatic hydroxyl groups excluding tert-OH is 1. The van der Waals surface area contributed by atoms with Gasteiger partial charge in [-0.2, -0.15) is 0 Å². The molecule has 0 saturated carbocycles. The minimum Gasteiger partial charge on any atom is -0.478 e.